The van der Waals surface area contributed by atoms with E-state index < -0.39 is 11.9 Å². The molecule has 8 heteroatoms. The highest BCUT2D eigenvalue weighted by Gasteiger charge is 2.26. The SMILES string of the molecule is CC1CCCN(C(N)=NCCSCC(F)(F)F)C1.I. The van der Waals surface area contributed by atoms with Crippen LogP contribution in [-0.2, 0) is 0 Å². The Balaban J connectivity index is 0.00000324. The fraction of sp³-hybridized carbons (Fsp3) is 0.909. The molecule has 0 bridgehead atoms. The summed E-state index contributed by atoms with van der Waals surface area (Å²) in [6.45, 7) is 4.30. The molecule has 0 amide bonds. The Hall–Kier alpha value is 0.140. The third-order valence-electron chi connectivity index (χ3n) is 2.76. The number of rotatable bonds is 4. The van der Waals surface area contributed by atoms with Gasteiger partial charge in [0.05, 0.1) is 12.3 Å². The molecule has 2 N–H and O–H groups in total. The average Bonchev–Trinajstić information content (AvgIpc) is 2.26. The van der Waals surface area contributed by atoms with Crippen LogP contribution in [-0.4, -0.2) is 48.2 Å². The Morgan fingerprint density at radius 2 is 2.16 bits per heavy atom. The lowest BCUT2D eigenvalue weighted by Crippen LogP contribution is -2.43. The first kappa shape index (κ1) is 19.1. The second-order valence-electron chi connectivity index (χ2n) is 4.60. The lowest BCUT2D eigenvalue weighted by Gasteiger charge is -2.31. The van der Waals surface area contributed by atoms with Crippen molar-refractivity contribution in [2.24, 2.45) is 16.6 Å². The number of nitrogens with two attached hydrogens (primary N) is 1. The first-order valence-corrected chi connectivity index (χ1v) is 7.23. The molecule has 1 heterocycles. The lowest BCUT2D eigenvalue weighted by atomic mass is 10.0. The normalized spacial score (nSPS) is 21.2. The van der Waals surface area contributed by atoms with Crippen molar-refractivity contribution in [3.63, 3.8) is 0 Å². The van der Waals surface area contributed by atoms with Gasteiger partial charge in [-0.1, -0.05) is 6.92 Å². The van der Waals surface area contributed by atoms with Gasteiger partial charge in [0.15, 0.2) is 5.96 Å². The maximum absolute atomic E-state index is 11.9. The predicted octanol–water partition coefficient (Wildman–Crippen LogP) is 2.95. The minimum Gasteiger partial charge on any atom is -0.370 e. The van der Waals surface area contributed by atoms with E-state index >= 15 is 0 Å². The topological polar surface area (TPSA) is 41.6 Å². The van der Waals surface area contributed by atoms with Crippen LogP contribution >= 0.6 is 35.7 Å². The van der Waals surface area contributed by atoms with Gasteiger partial charge in [-0.25, -0.2) is 0 Å². The van der Waals surface area contributed by atoms with Crippen molar-refractivity contribution in [2.45, 2.75) is 25.9 Å². The van der Waals surface area contributed by atoms with Gasteiger partial charge in [-0.15, -0.1) is 24.0 Å². The summed E-state index contributed by atoms with van der Waals surface area (Å²) in [6.07, 6.45) is -1.80. The van der Waals surface area contributed by atoms with E-state index in [9.17, 15) is 13.2 Å². The van der Waals surface area contributed by atoms with Gasteiger partial charge in [-0.05, 0) is 18.8 Å². The van der Waals surface area contributed by atoms with Gasteiger partial charge in [0.25, 0.3) is 0 Å². The van der Waals surface area contributed by atoms with Crippen LogP contribution in [0.5, 0.6) is 0 Å². The van der Waals surface area contributed by atoms with E-state index in [1.165, 1.54) is 6.42 Å². The summed E-state index contributed by atoms with van der Waals surface area (Å²) in [6, 6.07) is 0. The first-order valence-electron chi connectivity index (χ1n) is 6.08. The molecule has 1 rings (SSSR count). The summed E-state index contributed by atoms with van der Waals surface area (Å²) >= 11 is 0.843. The monoisotopic (exact) mass is 411 g/mol. The smallest absolute Gasteiger partial charge is 0.370 e. The van der Waals surface area contributed by atoms with E-state index in [0.29, 0.717) is 24.2 Å². The number of hydrogen-bond donors (Lipinski definition) is 1. The van der Waals surface area contributed by atoms with Gasteiger partial charge in [-0.2, -0.15) is 24.9 Å². The average molecular weight is 411 g/mol. The minimum absolute atomic E-state index is 0. The number of hydrogen-bond acceptors (Lipinski definition) is 2. The summed E-state index contributed by atoms with van der Waals surface area (Å²) in [4.78, 5) is 6.15. The fourth-order valence-electron chi connectivity index (χ4n) is 1.91. The molecule has 0 spiro atoms. The quantitative estimate of drug-likeness (QED) is 0.335. The molecule has 1 unspecified atom stereocenters. The molecular weight excluding hydrogens is 390 g/mol. The number of likely N-dealkylation sites (tertiary alicyclic amines) is 1. The maximum Gasteiger partial charge on any atom is 0.397 e. The Labute approximate surface area is 133 Å². The Kier molecular flexibility index (Phi) is 9.21. The van der Waals surface area contributed by atoms with Crippen LogP contribution in [0.15, 0.2) is 4.99 Å². The van der Waals surface area contributed by atoms with Crippen molar-refractivity contribution in [3.05, 3.63) is 0 Å². The van der Waals surface area contributed by atoms with E-state index in [4.69, 9.17) is 5.73 Å². The Morgan fingerprint density at radius 3 is 2.74 bits per heavy atom. The third kappa shape index (κ3) is 8.83. The zero-order valence-electron chi connectivity index (χ0n) is 10.9. The van der Waals surface area contributed by atoms with Gasteiger partial charge in [0.2, 0.25) is 0 Å². The second kappa shape index (κ2) is 9.15. The highest BCUT2D eigenvalue weighted by Crippen LogP contribution is 2.20. The summed E-state index contributed by atoms with van der Waals surface area (Å²) < 4.78 is 35.7. The van der Waals surface area contributed by atoms with Crippen molar-refractivity contribution in [1.29, 1.82) is 0 Å². The Morgan fingerprint density at radius 1 is 1.47 bits per heavy atom. The van der Waals surface area contributed by atoms with E-state index in [-0.39, 0.29) is 24.0 Å². The highest BCUT2D eigenvalue weighted by molar-refractivity contribution is 14.0. The first-order chi connectivity index (χ1) is 8.38. The largest absolute Gasteiger partial charge is 0.397 e. The van der Waals surface area contributed by atoms with Gasteiger partial charge in [0.1, 0.15) is 0 Å². The van der Waals surface area contributed by atoms with E-state index in [0.717, 1.165) is 31.3 Å². The molecule has 1 aliphatic heterocycles. The maximum atomic E-state index is 11.9. The van der Waals surface area contributed by atoms with Crippen molar-refractivity contribution in [3.8, 4) is 0 Å². The van der Waals surface area contributed by atoms with Crippen LogP contribution in [0, 0.1) is 5.92 Å². The minimum atomic E-state index is -4.10. The van der Waals surface area contributed by atoms with Crippen LogP contribution in [0.1, 0.15) is 19.8 Å². The molecule has 0 aromatic heterocycles. The molecule has 114 valence electrons. The molecule has 1 atom stereocenters. The predicted molar refractivity (Wildman–Crippen MR) is 85.3 cm³/mol. The van der Waals surface area contributed by atoms with Gasteiger partial charge in [-0.3, -0.25) is 4.99 Å². The molecule has 0 aliphatic carbocycles. The van der Waals surface area contributed by atoms with E-state index in [2.05, 4.69) is 11.9 Å². The van der Waals surface area contributed by atoms with E-state index in [1.807, 2.05) is 4.90 Å². The molecule has 19 heavy (non-hydrogen) atoms. The molecule has 0 aromatic carbocycles. The number of guanidine groups is 1. The van der Waals surface area contributed by atoms with Crippen LogP contribution in [0.4, 0.5) is 13.2 Å². The number of piperidine rings is 1. The van der Waals surface area contributed by atoms with Crippen LogP contribution in [0.3, 0.4) is 0 Å². The molecule has 3 nitrogen and oxygen atoms in total. The van der Waals surface area contributed by atoms with Crippen molar-refractivity contribution >= 4 is 41.7 Å². The molecular formula is C11H21F3IN3S. The fourth-order valence-corrected chi connectivity index (χ4v) is 2.51. The summed E-state index contributed by atoms with van der Waals surface area (Å²) in [5.41, 5.74) is 5.82. The van der Waals surface area contributed by atoms with E-state index in [1.54, 1.807) is 0 Å². The zero-order chi connectivity index (χ0) is 13.6. The molecule has 0 radical (unpaired) electrons. The summed E-state index contributed by atoms with van der Waals surface area (Å²) in [5.74, 6) is 0.605. The lowest BCUT2D eigenvalue weighted by molar-refractivity contribution is -0.105. The number of aliphatic imine (C=N–C) groups is 1. The highest BCUT2D eigenvalue weighted by atomic mass is 127. The van der Waals surface area contributed by atoms with Gasteiger partial charge in [0, 0.05) is 18.8 Å². The molecule has 1 aliphatic rings. The molecule has 0 saturated carbocycles. The van der Waals surface area contributed by atoms with Crippen molar-refractivity contribution < 1.29 is 13.2 Å². The number of thioether (sulfide) groups is 1. The number of halogens is 4. The van der Waals surface area contributed by atoms with Crippen molar-refractivity contribution in [2.75, 3.05) is 31.1 Å². The molecule has 0 aromatic rings. The Bertz CT molecular complexity index is 287. The molecule has 1 fully saturated rings. The summed E-state index contributed by atoms with van der Waals surface area (Å²) in [7, 11) is 0. The van der Waals surface area contributed by atoms with Gasteiger partial charge < -0.3 is 10.6 Å². The second-order valence-corrected chi connectivity index (χ2v) is 5.71. The van der Waals surface area contributed by atoms with Crippen molar-refractivity contribution in [1.82, 2.24) is 4.90 Å². The standard InChI is InChI=1S/C11H20F3N3S.HI/c1-9-3-2-5-17(7-9)10(15)16-4-6-18-8-11(12,13)14;/h9H,2-8H2,1H3,(H2,15,16);1H. The number of alkyl halides is 3. The van der Waals surface area contributed by atoms with Gasteiger partial charge >= 0.3 is 6.18 Å². The molecule has 1 saturated heterocycles. The summed E-state index contributed by atoms with van der Waals surface area (Å²) in [5, 5.41) is 0. The zero-order valence-corrected chi connectivity index (χ0v) is 14.1. The van der Waals surface area contributed by atoms with Crippen LogP contribution < -0.4 is 5.73 Å². The van der Waals surface area contributed by atoms with Crippen LogP contribution in [0.2, 0.25) is 0 Å². The third-order valence-corrected chi connectivity index (χ3v) is 3.76. The van der Waals surface area contributed by atoms with Crippen LogP contribution in [0.25, 0.3) is 0 Å². The number of nitrogens with zero attached hydrogens (tertiary/aromatic N) is 2.